The molecule has 17 heavy (non-hydrogen) atoms. The van der Waals surface area contributed by atoms with Gasteiger partial charge in [-0.1, -0.05) is 5.16 Å². The smallest absolute Gasteiger partial charge is 0.315 e. The van der Waals surface area contributed by atoms with E-state index in [-0.39, 0.29) is 18.3 Å². The van der Waals surface area contributed by atoms with Crippen LogP contribution in [0.25, 0.3) is 11.6 Å². The minimum absolute atomic E-state index is 0.0272. The molecule has 0 saturated heterocycles. The Hall–Kier alpha value is -2.11. The minimum atomic E-state index is -0.390. The van der Waals surface area contributed by atoms with Gasteiger partial charge in [0.25, 0.3) is 0 Å². The van der Waals surface area contributed by atoms with Gasteiger partial charge in [0.15, 0.2) is 5.76 Å². The van der Waals surface area contributed by atoms with Crippen molar-refractivity contribution in [2.24, 2.45) is 0 Å². The molecule has 0 unspecified atom stereocenters. The lowest BCUT2D eigenvalue weighted by atomic mass is 10.3. The number of nitrogens with zero attached hydrogens (tertiary/aromatic N) is 2. The quantitative estimate of drug-likeness (QED) is 0.752. The number of ether oxygens (including phenoxy) is 1. The second-order valence-electron chi connectivity index (χ2n) is 3.43. The highest BCUT2D eigenvalue weighted by atomic mass is 16.5. The van der Waals surface area contributed by atoms with Crippen LogP contribution in [0, 0.1) is 6.92 Å². The van der Waals surface area contributed by atoms with Crippen LogP contribution < -0.4 is 0 Å². The molecule has 2 heterocycles. The summed E-state index contributed by atoms with van der Waals surface area (Å²) in [6, 6.07) is 1.80. The predicted molar refractivity (Wildman–Crippen MR) is 57.1 cm³/mol. The molecule has 0 atom stereocenters. The summed E-state index contributed by atoms with van der Waals surface area (Å²) < 4.78 is 14.9. The van der Waals surface area contributed by atoms with Crippen LogP contribution in [-0.2, 0) is 16.0 Å². The number of aromatic nitrogens is 2. The van der Waals surface area contributed by atoms with E-state index >= 15 is 0 Å². The average Bonchev–Trinajstić information content (AvgIpc) is 2.87. The van der Waals surface area contributed by atoms with E-state index in [4.69, 9.17) is 13.7 Å². The third kappa shape index (κ3) is 2.52. The van der Waals surface area contributed by atoms with Crippen molar-refractivity contribution in [3.8, 4) is 11.6 Å². The van der Waals surface area contributed by atoms with Gasteiger partial charge in [-0.3, -0.25) is 4.79 Å². The number of furan rings is 1. The van der Waals surface area contributed by atoms with Gasteiger partial charge < -0.3 is 13.7 Å². The molecule has 6 heteroatoms. The Morgan fingerprint density at radius 1 is 1.53 bits per heavy atom. The Morgan fingerprint density at radius 2 is 2.35 bits per heavy atom. The lowest BCUT2D eigenvalue weighted by Crippen LogP contribution is -2.07. The molecule has 0 aliphatic heterocycles. The van der Waals surface area contributed by atoms with Gasteiger partial charge in [0.1, 0.15) is 6.42 Å². The van der Waals surface area contributed by atoms with Gasteiger partial charge in [-0.2, -0.15) is 4.98 Å². The number of esters is 1. The maximum atomic E-state index is 11.2. The van der Waals surface area contributed by atoms with Crippen molar-refractivity contribution < 1.29 is 18.5 Å². The van der Waals surface area contributed by atoms with Crippen LogP contribution >= 0.6 is 0 Å². The van der Waals surface area contributed by atoms with E-state index in [1.54, 1.807) is 19.3 Å². The van der Waals surface area contributed by atoms with Crippen molar-refractivity contribution in [2.45, 2.75) is 20.3 Å². The van der Waals surface area contributed by atoms with Gasteiger partial charge in [-0.15, -0.1) is 0 Å². The number of carbonyl (C=O) groups excluding carboxylic acids is 1. The Kier molecular flexibility index (Phi) is 3.22. The van der Waals surface area contributed by atoms with Crippen molar-refractivity contribution >= 4 is 5.97 Å². The molecule has 0 radical (unpaired) electrons. The third-order valence-electron chi connectivity index (χ3n) is 2.13. The molecule has 0 amide bonds. The monoisotopic (exact) mass is 236 g/mol. The summed E-state index contributed by atoms with van der Waals surface area (Å²) in [4.78, 5) is 15.3. The lowest BCUT2D eigenvalue weighted by molar-refractivity contribution is -0.142. The van der Waals surface area contributed by atoms with Gasteiger partial charge in [0, 0.05) is 0 Å². The second-order valence-corrected chi connectivity index (χ2v) is 3.43. The normalized spacial score (nSPS) is 10.5. The molecule has 2 aromatic heterocycles. The fourth-order valence-corrected chi connectivity index (χ4v) is 1.36. The van der Waals surface area contributed by atoms with Crippen molar-refractivity contribution in [1.29, 1.82) is 0 Å². The summed E-state index contributed by atoms with van der Waals surface area (Å²) in [5.41, 5.74) is 0.911. The molecule has 2 aromatic rings. The maximum Gasteiger partial charge on any atom is 0.315 e. The fraction of sp³-hybridized carbons (Fsp3) is 0.364. The standard InChI is InChI=1S/C11H12N2O4/c1-3-15-9(14)6-8-12-11(13-17-8)10-7(2)4-5-16-10/h4-5H,3,6H2,1-2H3. The van der Waals surface area contributed by atoms with E-state index in [0.717, 1.165) is 5.56 Å². The van der Waals surface area contributed by atoms with E-state index in [2.05, 4.69) is 10.1 Å². The summed E-state index contributed by atoms with van der Waals surface area (Å²) in [5, 5.41) is 3.75. The van der Waals surface area contributed by atoms with Crippen LogP contribution in [0.2, 0.25) is 0 Å². The van der Waals surface area contributed by atoms with Crippen molar-refractivity contribution in [1.82, 2.24) is 10.1 Å². The molecule has 0 fully saturated rings. The summed E-state index contributed by atoms with van der Waals surface area (Å²) in [6.45, 7) is 3.95. The fourth-order valence-electron chi connectivity index (χ4n) is 1.36. The van der Waals surface area contributed by atoms with Crippen molar-refractivity contribution in [2.75, 3.05) is 6.61 Å². The molecule has 0 saturated carbocycles. The predicted octanol–water partition coefficient (Wildman–Crippen LogP) is 1.74. The zero-order valence-electron chi connectivity index (χ0n) is 9.60. The number of aryl methyl sites for hydroxylation is 1. The van der Waals surface area contributed by atoms with Crippen LogP contribution in [0.15, 0.2) is 21.3 Å². The highest BCUT2D eigenvalue weighted by Crippen LogP contribution is 2.21. The van der Waals surface area contributed by atoms with Gasteiger partial charge in [-0.25, -0.2) is 0 Å². The molecule has 0 bridgehead atoms. The number of hydrogen-bond donors (Lipinski definition) is 0. The van der Waals surface area contributed by atoms with Crippen molar-refractivity contribution in [3.63, 3.8) is 0 Å². The topological polar surface area (TPSA) is 78.4 Å². The molecular formula is C11H12N2O4. The molecule has 2 rings (SSSR count). The van der Waals surface area contributed by atoms with Crippen LogP contribution in [-0.4, -0.2) is 22.7 Å². The third-order valence-corrected chi connectivity index (χ3v) is 2.13. The second kappa shape index (κ2) is 4.82. The molecule has 90 valence electrons. The summed E-state index contributed by atoms with van der Waals surface area (Å²) in [6.07, 6.45) is 1.52. The number of carbonyl (C=O) groups is 1. The summed E-state index contributed by atoms with van der Waals surface area (Å²) >= 11 is 0. The summed E-state index contributed by atoms with van der Waals surface area (Å²) in [7, 11) is 0. The van der Waals surface area contributed by atoms with E-state index in [1.165, 1.54) is 0 Å². The maximum absolute atomic E-state index is 11.2. The number of hydrogen-bond acceptors (Lipinski definition) is 6. The molecule has 0 aliphatic carbocycles. The average molecular weight is 236 g/mol. The Labute approximate surface area is 97.6 Å². The molecule has 0 spiro atoms. The molecular weight excluding hydrogens is 224 g/mol. The first-order chi connectivity index (χ1) is 8.20. The van der Waals surface area contributed by atoms with Gasteiger partial charge in [0.05, 0.1) is 12.9 Å². The minimum Gasteiger partial charge on any atom is -0.466 e. The Morgan fingerprint density at radius 3 is 3.00 bits per heavy atom. The Bertz CT molecular complexity index is 515. The highest BCUT2D eigenvalue weighted by Gasteiger charge is 2.16. The Balaban J connectivity index is 2.11. The van der Waals surface area contributed by atoms with Gasteiger partial charge in [-0.05, 0) is 25.5 Å². The van der Waals surface area contributed by atoms with E-state index in [0.29, 0.717) is 18.2 Å². The summed E-state index contributed by atoms with van der Waals surface area (Å²) in [5.74, 6) is 0.712. The first-order valence-electron chi connectivity index (χ1n) is 5.23. The van der Waals surface area contributed by atoms with E-state index < -0.39 is 0 Å². The van der Waals surface area contributed by atoms with Gasteiger partial charge in [0.2, 0.25) is 11.7 Å². The zero-order chi connectivity index (χ0) is 12.3. The van der Waals surface area contributed by atoms with Gasteiger partial charge >= 0.3 is 5.97 Å². The highest BCUT2D eigenvalue weighted by molar-refractivity contribution is 5.71. The lowest BCUT2D eigenvalue weighted by Gasteiger charge is -1.96. The SMILES string of the molecule is CCOC(=O)Cc1nc(-c2occc2C)no1. The first kappa shape index (κ1) is 11.4. The van der Waals surface area contributed by atoms with Crippen LogP contribution in [0.1, 0.15) is 18.4 Å². The van der Waals surface area contributed by atoms with Crippen LogP contribution in [0.3, 0.4) is 0 Å². The van der Waals surface area contributed by atoms with E-state index in [9.17, 15) is 4.79 Å². The molecule has 0 N–H and O–H groups in total. The largest absolute Gasteiger partial charge is 0.466 e. The van der Waals surface area contributed by atoms with Crippen LogP contribution in [0.5, 0.6) is 0 Å². The molecule has 0 aromatic carbocycles. The first-order valence-corrected chi connectivity index (χ1v) is 5.23. The van der Waals surface area contributed by atoms with E-state index in [1.807, 2.05) is 6.92 Å². The molecule has 0 aliphatic rings. The molecule has 6 nitrogen and oxygen atoms in total. The zero-order valence-corrected chi connectivity index (χ0v) is 9.60. The number of rotatable bonds is 4. The van der Waals surface area contributed by atoms with Crippen LogP contribution in [0.4, 0.5) is 0 Å². The van der Waals surface area contributed by atoms with Crippen molar-refractivity contribution in [3.05, 3.63) is 23.8 Å².